The van der Waals surface area contributed by atoms with Gasteiger partial charge in [0.25, 0.3) is 0 Å². The summed E-state index contributed by atoms with van der Waals surface area (Å²) in [5, 5.41) is 3.15. The van der Waals surface area contributed by atoms with E-state index in [-0.39, 0.29) is 0 Å². The van der Waals surface area contributed by atoms with Crippen LogP contribution < -0.4 is 5.32 Å². The van der Waals surface area contributed by atoms with E-state index in [0.717, 1.165) is 25.9 Å². The molecule has 0 heterocycles. The van der Waals surface area contributed by atoms with Gasteiger partial charge in [0.15, 0.2) is 0 Å². The smallest absolute Gasteiger partial charge is 0.0423 e. The van der Waals surface area contributed by atoms with Crippen LogP contribution in [-0.4, -0.2) is 25.8 Å². The Bertz CT molecular complexity index is 161. The molecular formula is C11H22N2. The molecule has 1 N–H and O–H groups in total. The molecule has 0 aliphatic carbocycles. The van der Waals surface area contributed by atoms with Crippen molar-refractivity contribution in [3.63, 3.8) is 0 Å². The molecule has 0 saturated heterocycles. The average molecular weight is 182 g/mol. The van der Waals surface area contributed by atoms with Crippen molar-refractivity contribution in [1.82, 2.24) is 5.32 Å². The molecule has 1 unspecified atom stereocenters. The Hall–Kier alpha value is -0.630. The molecule has 0 aromatic heterocycles. The zero-order valence-electron chi connectivity index (χ0n) is 9.14. The van der Waals surface area contributed by atoms with Crippen LogP contribution in [-0.2, 0) is 0 Å². The van der Waals surface area contributed by atoms with Gasteiger partial charge in [0, 0.05) is 18.8 Å². The van der Waals surface area contributed by atoms with Crippen molar-refractivity contribution < 1.29 is 0 Å². The highest BCUT2D eigenvalue weighted by Crippen LogP contribution is 2.03. The Morgan fingerprint density at radius 3 is 2.77 bits per heavy atom. The molecule has 2 nitrogen and oxygen atoms in total. The Morgan fingerprint density at radius 1 is 1.62 bits per heavy atom. The summed E-state index contributed by atoms with van der Waals surface area (Å²) < 4.78 is 0. The van der Waals surface area contributed by atoms with Gasteiger partial charge in [0.05, 0.1) is 0 Å². The van der Waals surface area contributed by atoms with E-state index in [2.05, 4.69) is 30.7 Å². The third kappa shape index (κ3) is 5.58. The third-order valence-corrected chi connectivity index (χ3v) is 2.19. The first-order valence-electron chi connectivity index (χ1n) is 5.04. The Balaban J connectivity index is 4.04. The van der Waals surface area contributed by atoms with E-state index in [9.17, 15) is 0 Å². The first-order chi connectivity index (χ1) is 6.26. The molecule has 0 aromatic rings. The predicted molar refractivity (Wildman–Crippen MR) is 60.5 cm³/mol. The first-order valence-corrected chi connectivity index (χ1v) is 5.04. The standard InChI is InChI=1S/C11H22N2/c1-5-7-8-13-11(9-12-4)10(3)6-2/h5,10,12H,1,6-9H2,2-4H3. The first kappa shape index (κ1) is 12.4. The number of hydrogen-bond acceptors (Lipinski definition) is 2. The zero-order valence-corrected chi connectivity index (χ0v) is 9.14. The Kier molecular flexibility index (Phi) is 7.60. The van der Waals surface area contributed by atoms with Gasteiger partial charge >= 0.3 is 0 Å². The Labute approximate surface area is 82.1 Å². The van der Waals surface area contributed by atoms with Gasteiger partial charge < -0.3 is 5.32 Å². The summed E-state index contributed by atoms with van der Waals surface area (Å²) in [6.07, 6.45) is 4.05. The molecule has 0 aliphatic rings. The molecule has 0 radical (unpaired) electrons. The van der Waals surface area contributed by atoms with Crippen LogP contribution in [0.2, 0.25) is 0 Å². The molecule has 0 amide bonds. The number of nitrogens with zero attached hydrogens (tertiary/aromatic N) is 1. The number of aliphatic imine (C=N–C) groups is 1. The maximum absolute atomic E-state index is 4.56. The SMILES string of the molecule is C=CCCN=C(CNC)C(C)CC. The van der Waals surface area contributed by atoms with E-state index in [1.807, 2.05) is 13.1 Å². The molecule has 0 aliphatic heterocycles. The van der Waals surface area contributed by atoms with Crippen LogP contribution in [0.15, 0.2) is 17.6 Å². The van der Waals surface area contributed by atoms with Crippen molar-refractivity contribution in [2.24, 2.45) is 10.9 Å². The van der Waals surface area contributed by atoms with Crippen molar-refractivity contribution in [2.45, 2.75) is 26.7 Å². The fourth-order valence-corrected chi connectivity index (χ4v) is 1.10. The van der Waals surface area contributed by atoms with Gasteiger partial charge in [0.2, 0.25) is 0 Å². The largest absolute Gasteiger partial charge is 0.315 e. The molecule has 0 fully saturated rings. The van der Waals surface area contributed by atoms with E-state index in [4.69, 9.17) is 0 Å². The van der Waals surface area contributed by atoms with Gasteiger partial charge in [-0.2, -0.15) is 0 Å². The molecule has 0 aromatic carbocycles. The number of hydrogen-bond donors (Lipinski definition) is 1. The second kappa shape index (κ2) is 7.99. The van der Waals surface area contributed by atoms with Crippen molar-refractivity contribution in [2.75, 3.05) is 20.1 Å². The minimum Gasteiger partial charge on any atom is -0.315 e. The molecule has 0 bridgehead atoms. The van der Waals surface area contributed by atoms with Crippen LogP contribution in [0.5, 0.6) is 0 Å². The highest BCUT2D eigenvalue weighted by Gasteiger charge is 2.06. The van der Waals surface area contributed by atoms with Gasteiger partial charge in [-0.1, -0.05) is 19.9 Å². The minimum absolute atomic E-state index is 0.595. The van der Waals surface area contributed by atoms with E-state index in [1.54, 1.807) is 0 Å². The lowest BCUT2D eigenvalue weighted by Gasteiger charge is -2.12. The highest BCUT2D eigenvalue weighted by molar-refractivity contribution is 5.88. The van der Waals surface area contributed by atoms with E-state index < -0.39 is 0 Å². The quantitative estimate of drug-likeness (QED) is 0.364. The fourth-order valence-electron chi connectivity index (χ4n) is 1.10. The monoisotopic (exact) mass is 182 g/mol. The molecule has 13 heavy (non-hydrogen) atoms. The second-order valence-electron chi connectivity index (χ2n) is 3.29. The van der Waals surface area contributed by atoms with Gasteiger partial charge in [-0.3, -0.25) is 4.99 Å². The lowest BCUT2D eigenvalue weighted by Crippen LogP contribution is -2.24. The van der Waals surface area contributed by atoms with E-state index >= 15 is 0 Å². The zero-order chi connectivity index (χ0) is 10.1. The number of rotatable bonds is 7. The lowest BCUT2D eigenvalue weighted by molar-refractivity contribution is 0.710. The minimum atomic E-state index is 0.595. The highest BCUT2D eigenvalue weighted by atomic mass is 14.9. The van der Waals surface area contributed by atoms with Gasteiger partial charge in [-0.15, -0.1) is 6.58 Å². The summed E-state index contributed by atoms with van der Waals surface area (Å²) in [6, 6.07) is 0. The topological polar surface area (TPSA) is 24.4 Å². The number of nitrogens with one attached hydrogen (secondary N) is 1. The van der Waals surface area contributed by atoms with Gasteiger partial charge in [0.1, 0.15) is 0 Å². The predicted octanol–water partition coefficient (Wildman–Crippen LogP) is 2.27. The molecule has 0 saturated carbocycles. The summed E-state index contributed by atoms with van der Waals surface area (Å²) in [7, 11) is 1.96. The van der Waals surface area contributed by atoms with Crippen LogP contribution in [0, 0.1) is 5.92 Å². The molecule has 0 spiro atoms. The van der Waals surface area contributed by atoms with Crippen LogP contribution in [0.3, 0.4) is 0 Å². The van der Waals surface area contributed by atoms with Crippen LogP contribution >= 0.6 is 0 Å². The lowest BCUT2D eigenvalue weighted by atomic mass is 10.0. The van der Waals surface area contributed by atoms with Crippen molar-refractivity contribution in [3.05, 3.63) is 12.7 Å². The summed E-state index contributed by atoms with van der Waals surface area (Å²) in [5.74, 6) is 0.595. The van der Waals surface area contributed by atoms with Crippen molar-refractivity contribution in [3.8, 4) is 0 Å². The maximum atomic E-state index is 4.56. The van der Waals surface area contributed by atoms with Crippen LogP contribution in [0.4, 0.5) is 0 Å². The normalized spacial score (nSPS) is 14.2. The second-order valence-corrected chi connectivity index (χ2v) is 3.29. The van der Waals surface area contributed by atoms with E-state index in [1.165, 1.54) is 5.71 Å². The van der Waals surface area contributed by atoms with Crippen molar-refractivity contribution >= 4 is 5.71 Å². The van der Waals surface area contributed by atoms with Gasteiger partial charge in [-0.25, -0.2) is 0 Å². The summed E-state index contributed by atoms with van der Waals surface area (Å²) >= 11 is 0. The third-order valence-electron chi connectivity index (χ3n) is 2.19. The fraction of sp³-hybridized carbons (Fsp3) is 0.727. The summed E-state index contributed by atoms with van der Waals surface area (Å²) in [4.78, 5) is 4.56. The van der Waals surface area contributed by atoms with Crippen LogP contribution in [0.1, 0.15) is 26.7 Å². The molecular weight excluding hydrogens is 160 g/mol. The molecule has 2 heteroatoms. The maximum Gasteiger partial charge on any atom is 0.0423 e. The van der Waals surface area contributed by atoms with Crippen LogP contribution in [0.25, 0.3) is 0 Å². The molecule has 76 valence electrons. The Morgan fingerprint density at radius 2 is 2.31 bits per heavy atom. The van der Waals surface area contributed by atoms with E-state index in [0.29, 0.717) is 5.92 Å². The van der Waals surface area contributed by atoms with Gasteiger partial charge in [-0.05, 0) is 25.8 Å². The average Bonchev–Trinajstić information content (AvgIpc) is 2.16. The summed E-state index contributed by atoms with van der Waals surface area (Å²) in [6.45, 7) is 9.90. The van der Waals surface area contributed by atoms with Crippen molar-refractivity contribution in [1.29, 1.82) is 0 Å². The summed E-state index contributed by atoms with van der Waals surface area (Å²) in [5.41, 5.74) is 1.28. The molecule has 0 rings (SSSR count). The molecule has 1 atom stereocenters.